The molecule has 0 radical (unpaired) electrons. The van der Waals surface area contributed by atoms with Crippen molar-refractivity contribution in [2.45, 2.75) is 6.54 Å². The highest BCUT2D eigenvalue weighted by Gasteiger charge is 2.10. The van der Waals surface area contributed by atoms with Crippen molar-refractivity contribution >= 4 is 28.1 Å². The molecule has 0 atom stereocenters. The molecule has 162 valence electrons. The highest BCUT2D eigenvalue weighted by molar-refractivity contribution is 6.02. The van der Waals surface area contributed by atoms with Crippen LogP contribution in [-0.2, 0) is 11.3 Å². The maximum atomic E-state index is 12.5. The fourth-order valence-electron chi connectivity index (χ4n) is 3.38. The van der Waals surface area contributed by atoms with Crippen LogP contribution in [0.1, 0.15) is 5.56 Å². The summed E-state index contributed by atoms with van der Waals surface area (Å²) in [5.41, 5.74) is 9.07. The Hall–Kier alpha value is -4.03. The monoisotopic (exact) mass is 427 g/mol. The number of para-hydroxylation sites is 1. The van der Waals surface area contributed by atoms with E-state index in [0.29, 0.717) is 18.0 Å². The molecule has 4 aromatic carbocycles. The van der Waals surface area contributed by atoms with E-state index in [-0.39, 0.29) is 12.5 Å². The van der Waals surface area contributed by atoms with Gasteiger partial charge in [-0.15, -0.1) is 0 Å². The van der Waals surface area contributed by atoms with Gasteiger partial charge in [0, 0.05) is 23.3 Å². The van der Waals surface area contributed by atoms with Gasteiger partial charge in [-0.3, -0.25) is 4.79 Å². The summed E-state index contributed by atoms with van der Waals surface area (Å²) in [5, 5.41) is 4.98. The number of anilines is 2. The van der Waals surface area contributed by atoms with Crippen molar-refractivity contribution in [3.8, 4) is 11.5 Å². The van der Waals surface area contributed by atoms with Gasteiger partial charge in [0.1, 0.15) is 0 Å². The van der Waals surface area contributed by atoms with Crippen LogP contribution in [0.25, 0.3) is 10.8 Å². The number of benzene rings is 4. The number of nitrogens with one attached hydrogen (secondary N) is 3. The summed E-state index contributed by atoms with van der Waals surface area (Å²) >= 11 is 0. The van der Waals surface area contributed by atoms with E-state index >= 15 is 0 Å². The molecule has 0 saturated carbocycles. The molecule has 6 nitrogen and oxygen atoms in total. The van der Waals surface area contributed by atoms with Crippen molar-refractivity contribution in [1.82, 2.24) is 5.43 Å². The molecule has 0 spiro atoms. The van der Waals surface area contributed by atoms with Crippen molar-refractivity contribution in [1.29, 1.82) is 0 Å². The number of hydrazine groups is 1. The molecule has 4 aromatic rings. The van der Waals surface area contributed by atoms with Gasteiger partial charge in [-0.2, -0.15) is 0 Å². The Kier molecular flexibility index (Phi) is 6.84. The zero-order chi connectivity index (χ0) is 22.2. The summed E-state index contributed by atoms with van der Waals surface area (Å²) in [7, 11) is 1.58. The first-order valence-corrected chi connectivity index (χ1v) is 10.3. The van der Waals surface area contributed by atoms with Crippen LogP contribution >= 0.6 is 0 Å². The molecule has 0 bridgehead atoms. The number of hydrogen-bond donors (Lipinski definition) is 3. The third-order valence-corrected chi connectivity index (χ3v) is 4.95. The standard InChI is InChI=1S/C26H25N3O3/c1-31-25-16-19(17-27-29-21-10-3-2-4-11-21)14-15-24(25)32-18-26(30)28-23-13-7-9-20-8-5-6-12-22(20)23/h2-16,27,29H,17-18H2,1H3,(H,28,30). The summed E-state index contributed by atoms with van der Waals surface area (Å²) in [6, 6.07) is 29.2. The Morgan fingerprint density at radius 2 is 1.62 bits per heavy atom. The lowest BCUT2D eigenvalue weighted by molar-refractivity contribution is -0.118. The zero-order valence-corrected chi connectivity index (χ0v) is 17.8. The molecule has 1 amide bonds. The summed E-state index contributed by atoms with van der Waals surface area (Å²) in [4.78, 5) is 12.5. The van der Waals surface area contributed by atoms with Crippen LogP contribution in [0.15, 0.2) is 91.0 Å². The molecule has 0 unspecified atom stereocenters. The second-order valence-electron chi connectivity index (χ2n) is 7.19. The fraction of sp³-hybridized carbons (Fsp3) is 0.115. The van der Waals surface area contributed by atoms with Gasteiger partial charge in [0.15, 0.2) is 18.1 Å². The Labute approximate surface area is 187 Å². The smallest absolute Gasteiger partial charge is 0.262 e. The second kappa shape index (κ2) is 10.3. The summed E-state index contributed by atoms with van der Waals surface area (Å²) < 4.78 is 11.2. The van der Waals surface area contributed by atoms with Gasteiger partial charge in [0.2, 0.25) is 0 Å². The van der Waals surface area contributed by atoms with E-state index in [1.807, 2.05) is 91.0 Å². The number of carbonyl (C=O) groups is 1. The molecule has 32 heavy (non-hydrogen) atoms. The number of amides is 1. The Balaban J connectivity index is 1.33. The summed E-state index contributed by atoms with van der Waals surface area (Å²) in [6.07, 6.45) is 0. The van der Waals surface area contributed by atoms with Gasteiger partial charge in [-0.1, -0.05) is 60.7 Å². The van der Waals surface area contributed by atoms with Crippen molar-refractivity contribution in [3.05, 3.63) is 96.6 Å². The summed E-state index contributed by atoms with van der Waals surface area (Å²) in [6.45, 7) is 0.472. The number of hydrogen-bond acceptors (Lipinski definition) is 5. The molecule has 0 fully saturated rings. The lowest BCUT2D eigenvalue weighted by Crippen LogP contribution is -2.21. The molecule has 0 aliphatic heterocycles. The molecule has 4 rings (SSSR count). The minimum atomic E-state index is -0.235. The molecule has 6 heteroatoms. The minimum absolute atomic E-state index is 0.118. The zero-order valence-electron chi connectivity index (χ0n) is 17.8. The van der Waals surface area contributed by atoms with Crippen molar-refractivity contribution in [2.24, 2.45) is 0 Å². The number of carbonyl (C=O) groups excluding carboxylic acids is 1. The molecular formula is C26H25N3O3. The molecule has 0 aliphatic carbocycles. The van der Waals surface area contributed by atoms with E-state index in [0.717, 1.165) is 27.7 Å². The third kappa shape index (κ3) is 5.36. The first-order valence-electron chi connectivity index (χ1n) is 10.3. The number of fused-ring (bicyclic) bond motifs is 1. The van der Waals surface area contributed by atoms with Gasteiger partial charge < -0.3 is 20.2 Å². The first kappa shape index (κ1) is 21.2. The van der Waals surface area contributed by atoms with Crippen LogP contribution in [0, 0.1) is 0 Å². The van der Waals surface area contributed by atoms with Gasteiger partial charge in [0.25, 0.3) is 5.91 Å². The SMILES string of the molecule is COc1cc(CNNc2ccccc2)ccc1OCC(=O)Nc1cccc2ccccc12. The maximum absolute atomic E-state index is 12.5. The normalized spacial score (nSPS) is 10.5. The fourth-order valence-corrected chi connectivity index (χ4v) is 3.38. The highest BCUT2D eigenvalue weighted by atomic mass is 16.5. The average molecular weight is 428 g/mol. The van der Waals surface area contributed by atoms with Gasteiger partial charge in [0.05, 0.1) is 7.11 Å². The van der Waals surface area contributed by atoms with E-state index in [1.54, 1.807) is 7.11 Å². The molecule has 0 saturated heterocycles. The van der Waals surface area contributed by atoms with Crippen molar-refractivity contribution < 1.29 is 14.3 Å². The quantitative estimate of drug-likeness (QED) is 0.329. The van der Waals surface area contributed by atoms with Crippen LogP contribution in [0.2, 0.25) is 0 Å². The van der Waals surface area contributed by atoms with Crippen LogP contribution in [-0.4, -0.2) is 19.6 Å². The largest absolute Gasteiger partial charge is 0.493 e. The Morgan fingerprint density at radius 3 is 2.47 bits per heavy atom. The minimum Gasteiger partial charge on any atom is -0.493 e. The van der Waals surface area contributed by atoms with Gasteiger partial charge in [-0.25, -0.2) is 5.43 Å². The van der Waals surface area contributed by atoms with Gasteiger partial charge >= 0.3 is 0 Å². The lowest BCUT2D eigenvalue weighted by atomic mass is 10.1. The molecule has 3 N–H and O–H groups in total. The molecule has 0 aromatic heterocycles. The molecular weight excluding hydrogens is 402 g/mol. The van der Waals surface area contributed by atoms with Crippen LogP contribution in [0.4, 0.5) is 11.4 Å². The first-order chi connectivity index (χ1) is 15.7. The number of ether oxygens (including phenoxy) is 2. The van der Waals surface area contributed by atoms with Crippen LogP contribution < -0.4 is 25.6 Å². The summed E-state index contributed by atoms with van der Waals surface area (Å²) in [5.74, 6) is 0.850. The van der Waals surface area contributed by atoms with Gasteiger partial charge in [-0.05, 0) is 41.3 Å². The lowest BCUT2D eigenvalue weighted by Gasteiger charge is -2.14. The predicted octanol–water partition coefficient (Wildman–Crippen LogP) is 4.98. The highest BCUT2D eigenvalue weighted by Crippen LogP contribution is 2.28. The second-order valence-corrected chi connectivity index (χ2v) is 7.19. The van der Waals surface area contributed by atoms with Crippen molar-refractivity contribution in [2.75, 3.05) is 24.5 Å². The van der Waals surface area contributed by atoms with E-state index in [9.17, 15) is 4.79 Å². The Bertz CT molecular complexity index is 1190. The predicted molar refractivity (Wildman–Crippen MR) is 128 cm³/mol. The maximum Gasteiger partial charge on any atom is 0.262 e. The Morgan fingerprint density at radius 1 is 0.844 bits per heavy atom. The van der Waals surface area contributed by atoms with E-state index in [1.165, 1.54) is 0 Å². The van der Waals surface area contributed by atoms with Crippen LogP contribution in [0.3, 0.4) is 0 Å². The van der Waals surface area contributed by atoms with E-state index in [2.05, 4.69) is 16.2 Å². The number of rotatable bonds is 9. The average Bonchev–Trinajstić information content (AvgIpc) is 2.84. The molecule has 0 heterocycles. The topological polar surface area (TPSA) is 71.6 Å². The van der Waals surface area contributed by atoms with Crippen molar-refractivity contribution in [3.63, 3.8) is 0 Å². The van der Waals surface area contributed by atoms with E-state index in [4.69, 9.17) is 9.47 Å². The molecule has 0 aliphatic rings. The number of methoxy groups -OCH3 is 1. The van der Waals surface area contributed by atoms with E-state index < -0.39 is 0 Å². The third-order valence-electron chi connectivity index (χ3n) is 4.95. The van der Waals surface area contributed by atoms with Crippen LogP contribution in [0.5, 0.6) is 11.5 Å².